The van der Waals surface area contributed by atoms with Crippen molar-refractivity contribution in [2.45, 2.75) is 29.0 Å². The van der Waals surface area contributed by atoms with Crippen molar-refractivity contribution in [3.05, 3.63) is 54.2 Å². The molecule has 1 fully saturated rings. The maximum Gasteiger partial charge on any atom is 0.218 e. The number of pyridine rings is 1. The van der Waals surface area contributed by atoms with E-state index >= 15 is 0 Å². The van der Waals surface area contributed by atoms with E-state index in [2.05, 4.69) is 50.9 Å². The summed E-state index contributed by atoms with van der Waals surface area (Å²) in [6.07, 6.45) is 4.17. The molecule has 2 N–H and O–H groups in total. The van der Waals surface area contributed by atoms with E-state index < -0.39 is 0 Å². The molecule has 0 radical (unpaired) electrons. The van der Waals surface area contributed by atoms with Crippen molar-refractivity contribution in [3.8, 4) is 5.88 Å². The Hall–Kier alpha value is -2.25. The van der Waals surface area contributed by atoms with E-state index in [1.165, 1.54) is 17.7 Å². The predicted octanol–water partition coefficient (Wildman–Crippen LogP) is 3.10. The molecule has 3 rings (SSSR count). The van der Waals surface area contributed by atoms with Gasteiger partial charge in [0.2, 0.25) is 5.88 Å². The van der Waals surface area contributed by atoms with Crippen molar-refractivity contribution in [2.24, 2.45) is 4.99 Å². The Balaban J connectivity index is 1.49. The number of guanidine groups is 1. The van der Waals surface area contributed by atoms with Gasteiger partial charge in [-0.2, -0.15) is 0 Å². The number of rotatable bonds is 10. The van der Waals surface area contributed by atoms with Crippen LogP contribution in [-0.4, -0.2) is 49.6 Å². The first-order chi connectivity index (χ1) is 13.7. The first-order valence-electron chi connectivity index (χ1n) is 9.49. The summed E-state index contributed by atoms with van der Waals surface area (Å²) in [6, 6.07) is 14.5. The molecule has 28 heavy (non-hydrogen) atoms. The summed E-state index contributed by atoms with van der Waals surface area (Å²) in [7, 11) is 3.45. The van der Waals surface area contributed by atoms with Crippen LogP contribution in [0.2, 0.25) is 0 Å². The molecule has 0 saturated heterocycles. The molecule has 0 atom stereocenters. The molecule has 0 amide bonds. The van der Waals surface area contributed by atoms with E-state index in [1.807, 2.05) is 23.9 Å². The average molecular weight is 401 g/mol. The zero-order valence-electron chi connectivity index (χ0n) is 16.5. The molecule has 1 aromatic carbocycles. The van der Waals surface area contributed by atoms with Crippen molar-refractivity contribution in [2.75, 3.05) is 33.9 Å². The third-order valence-electron chi connectivity index (χ3n) is 4.51. The minimum Gasteiger partial charge on any atom is -0.475 e. The number of nitrogens with zero attached hydrogens (tertiary/aromatic N) is 2. The fourth-order valence-corrected chi connectivity index (χ4v) is 3.99. The van der Waals surface area contributed by atoms with Gasteiger partial charge in [-0.1, -0.05) is 24.3 Å². The van der Waals surface area contributed by atoms with E-state index in [0.717, 1.165) is 18.1 Å². The molecule has 2 aromatic rings. The Labute approximate surface area is 171 Å². The lowest BCUT2D eigenvalue weighted by molar-refractivity contribution is 0.143. The zero-order valence-corrected chi connectivity index (χ0v) is 17.3. The lowest BCUT2D eigenvalue weighted by atomic mass is 10.2. The van der Waals surface area contributed by atoms with Crippen LogP contribution < -0.4 is 15.4 Å². The van der Waals surface area contributed by atoms with E-state index in [0.29, 0.717) is 25.6 Å². The Morgan fingerprint density at radius 2 is 1.96 bits per heavy atom. The Bertz CT molecular complexity index is 766. The lowest BCUT2D eigenvalue weighted by Gasteiger charge is -2.19. The second kappa shape index (κ2) is 10.3. The highest BCUT2D eigenvalue weighted by atomic mass is 32.2. The largest absolute Gasteiger partial charge is 0.475 e. The Morgan fingerprint density at radius 1 is 1.14 bits per heavy atom. The van der Waals surface area contributed by atoms with Gasteiger partial charge < -0.3 is 20.1 Å². The van der Waals surface area contributed by atoms with Crippen LogP contribution >= 0.6 is 11.8 Å². The molecule has 1 aliphatic carbocycles. The van der Waals surface area contributed by atoms with E-state index in [-0.39, 0.29) is 4.75 Å². The third kappa shape index (κ3) is 6.14. The van der Waals surface area contributed by atoms with Gasteiger partial charge in [-0.15, -0.1) is 11.8 Å². The van der Waals surface area contributed by atoms with Gasteiger partial charge >= 0.3 is 0 Å². The maximum atomic E-state index is 5.69. The fourth-order valence-electron chi connectivity index (χ4n) is 2.75. The highest BCUT2D eigenvalue weighted by molar-refractivity contribution is 8.01. The normalized spacial score (nSPS) is 15.1. The van der Waals surface area contributed by atoms with E-state index in [4.69, 9.17) is 9.47 Å². The Morgan fingerprint density at radius 3 is 2.68 bits per heavy atom. The van der Waals surface area contributed by atoms with Crippen molar-refractivity contribution < 1.29 is 9.47 Å². The Kier molecular flexibility index (Phi) is 7.56. The van der Waals surface area contributed by atoms with E-state index in [9.17, 15) is 0 Å². The van der Waals surface area contributed by atoms with Crippen LogP contribution in [0.15, 0.2) is 58.5 Å². The molecular formula is C21H28N4O2S. The number of nitrogens with one attached hydrogen (secondary N) is 2. The second-order valence-corrected chi connectivity index (χ2v) is 8.23. The number of benzene rings is 1. The highest BCUT2D eigenvalue weighted by Crippen LogP contribution is 2.51. The average Bonchev–Trinajstić information content (AvgIpc) is 3.49. The van der Waals surface area contributed by atoms with Crippen LogP contribution in [0.25, 0.3) is 0 Å². The predicted molar refractivity (Wildman–Crippen MR) is 114 cm³/mol. The molecule has 1 aromatic heterocycles. The molecule has 1 aliphatic rings. The number of thioether (sulfide) groups is 1. The number of aliphatic imine (C=N–C) groups is 1. The topological polar surface area (TPSA) is 67.8 Å². The quantitative estimate of drug-likeness (QED) is 0.363. The van der Waals surface area contributed by atoms with Crippen molar-refractivity contribution in [1.29, 1.82) is 0 Å². The monoisotopic (exact) mass is 400 g/mol. The maximum absolute atomic E-state index is 5.69. The molecule has 0 bridgehead atoms. The first kappa shape index (κ1) is 20.5. The van der Waals surface area contributed by atoms with Gasteiger partial charge in [-0.25, -0.2) is 4.98 Å². The van der Waals surface area contributed by atoms with Gasteiger partial charge in [0.05, 0.1) is 6.61 Å². The highest BCUT2D eigenvalue weighted by Gasteiger charge is 2.43. The smallest absolute Gasteiger partial charge is 0.218 e. The van der Waals surface area contributed by atoms with Crippen LogP contribution in [0.1, 0.15) is 18.4 Å². The van der Waals surface area contributed by atoms with Gasteiger partial charge in [-0.3, -0.25) is 4.99 Å². The summed E-state index contributed by atoms with van der Waals surface area (Å²) < 4.78 is 11.0. The molecule has 7 heteroatoms. The molecular weight excluding hydrogens is 372 g/mol. The third-order valence-corrected chi connectivity index (χ3v) is 6.00. The second-order valence-electron chi connectivity index (χ2n) is 6.69. The molecule has 0 unspecified atom stereocenters. The van der Waals surface area contributed by atoms with E-state index in [1.54, 1.807) is 20.4 Å². The van der Waals surface area contributed by atoms with Crippen LogP contribution in [-0.2, 0) is 11.3 Å². The van der Waals surface area contributed by atoms with Gasteiger partial charge in [-0.05, 0) is 31.0 Å². The SMILES string of the molecule is CN=C(NCc1cccnc1OCCOC)NCC1(Sc2ccccc2)CC1. The number of hydrogen-bond donors (Lipinski definition) is 2. The van der Waals surface area contributed by atoms with Crippen LogP contribution in [0.4, 0.5) is 0 Å². The zero-order chi connectivity index (χ0) is 19.7. The molecule has 6 nitrogen and oxygen atoms in total. The van der Waals surface area contributed by atoms with Gasteiger partial charge in [0.1, 0.15) is 6.61 Å². The summed E-state index contributed by atoms with van der Waals surface area (Å²) in [4.78, 5) is 9.98. The summed E-state index contributed by atoms with van der Waals surface area (Å²) >= 11 is 1.95. The van der Waals surface area contributed by atoms with Crippen molar-refractivity contribution in [3.63, 3.8) is 0 Å². The minimum absolute atomic E-state index is 0.266. The number of methoxy groups -OCH3 is 1. The van der Waals surface area contributed by atoms with Gasteiger partial charge in [0, 0.05) is 48.6 Å². The first-order valence-corrected chi connectivity index (χ1v) is 10.3. The van der Waals surface area contributed by atoms with Gasteiger partial charge in [0.25, 0.3) is 0 Å². The fraction of sp³-hybridized carbons (Fsp3) is 0.429. The molecule has 150 valence electrons. The summed E-state index contributed by atoms with van der Waals surface area (Å²) in [6.45, 7) is 2.49. The van der Waals surface area contributed by atoms with Crippen LogP contribution in [0.3, 0.4) is 0 Å². The number of hydrogen-bond acceptors (Lipinski definition) is 5. The number of aromatic nitrogens is 1. The lowest BCUT2D eigenvalue weighted by Crippen LogP contribution is -2.40. The molecule has 0 spiro atoms. The molecule has 1 heterocycles. The standard InChI is InChI=1S/C21H28N4O2S/c1-22-20(24-15-17-7-6-12-23-19(17)27-14-13-26-2)25-16-21(10-11-21)28-18-8-4-3-5-9-18/h3-9,12H,10-11,13-16H2,1-2H3,(H2,22,24,25). The van der Waals surface area contributed by atoms with Crippen LogP contribution in [0, 0.1) is 0 Å². The van der Waals surface area contributed by atoms with Crippen molar-refractivity contribution in [1.82, 2.24) is 15.6 Å². The summed E-state index contributed by atoms with van der Waals surface area (Å²) in [5.41, 5.74) is 0.987. The minimum atomic E-state index is 0.266. The summed E-state index contributed by atoms with van der Waals surface area (Å²) in [5.74, 6) is 1.41. The van der Waals surface area contributed by atoms with Crippen molar-refractivity contribution >= 4 is 17.7 Å². The molecule has 0 aliphatic heterocycles. The van der Waals surface area contributed by atoms with Crippen LogP contribution in [0.5, 0.6) is 5.88 Å². The molecule has 1 saturated carbocycles. The summed E-state index contributed by atoms with van der Waals surface area (Å²) in [5, 5.41) is 6.83. The van der Waals surface area contributed by atoms with Gasteiger partial charge in [0.15, 0.2) is 5.96 Å². The number of ether oxygens (including phenoxy) is 2.